The van der Waals surface area contributed by atoms with E-state index in [0.717, 1.165) is 16.7 Å². The molecule has 0 radical (unpaired) electrons. The first-order valence-corrected chi connectivity index (χ1v) is 12.5. The van der Waals surface area contributed by atoms with Crippen LogP contribution in [0.25, 0.3) is 11.1 Å². The van der Waals surface area contributed by atoms with E-state index in [2.05, 4.69) is 11.4 Å². The number of nitriles is 1. The molecular formula is C26H25N3O5S. The summed E-state index contributed by atoms with van der Waals surface area (Å²) >= 11 is 0. The molecule has 9 heteroatoms. The standard InChI is InChI=1S/C26H25N3O5S/c1-19-2-11-24(35(31,32)29-12-14-33-15-13-29)16-25(19)28-26(30)18-34-23-9-7-22(8-10-23)21-5-3-20(17-27)4-6-21/h2-11,16H,12-15,18H2,1H3,(H,28,30). The minimum absolute atomic E-state index is 0.125. The summed E-state index contributed by atoms with van der Waals surface area (Å²) in [6.45, 7) is 2.89. The molecule has 1 aliphatic rings. The fourth-order valence-electron chi connectivity index (χ4n) is 3.65. The van der Waals surface area contributed by atoms with Gasteiger partial charge in [0.15, 0.2) is 6.61 Å². The molecule has 3 aromatic rings. The molecule has 0 aromatic heterocycles. The van der Waals surface area contributed by atoms with Gasteiger partial charge in [-0.1, -0.05) is 30.3 Å². The lowest BCUT2D eigenvalue weighted by Crippen LogP contribution is -2.40. The van der Waals surface area contributed by atoms with Gasteiger partial charge in [-0.15, -0.1) is 0 Å². The number of nitrogens with zero attached hydrogens (tertiary/aromatic N) is 2. The van der Waals surface area contributed by atoms with Gasteiger partial charge in [-0.2, -0.15) is 9.57 Å². The summed E-state index contributed by atoms with van der Waals surface area (Å²) in [5, 5.41) is 11.7. The third-order valence-corrected chi connectivity index (χ3v) is 7.56. The fourth-order valence-corrected chi connectivity index (χ4v) is 5.08. The number of morpholine rings is 1. The quantitative estimate of drug-likeness (QED) is 0.541. The highest BCUT2D eigenvalue weighted by atomic mass is 32.2. The molecule has 8 nitrogen and oxygen atoms in total. The Morgan fingerprint density at radius 2 is 1.66 bits per heavy atom. The van der Waals surface area contributed by atoms with E-state index in [9.17, 15) is 13.2 Å². The van der Waals surface area contributed by atoms with Crippen molar-refractivity contribution >= 4 is 21.6 Å². The highest BCUT2D eigenvalue weighted by Gasteiger charge is 2.26. The van der Waals surface area contributed by atoms with E-state index in [1.165, 1.54) is 10.4 Å². The number of amides is 1. The third-order valence-electron chi connectivity index (χ3n) is 5.66. The monoisotopic (exact) mass is 491 g/mol. The van der Waals surface area contributed by atoms with Crippen LogP contribution >= 0.6 is 0 Å². The topological polar surface area (TPSA) is 109 Å². The summed E-state index contributed by atoms with van der Waals surface area (Å²) in [4.78, 5) is 12.6. The maximum absolute atomic E-state index is 12.9. The van der Waals surface area contributed by atoms with Crippen molar-refractivity contribution in [3.8, 4) is 22.9 Å². The van der Waals surface area contributed by atoms with Crippen LogP contribution in [-0.4, -0.2) is 51.5 Å². The molecule has 1 saturated heterocycles. The molecule has 1 fully saturated rings. The number of carbonyl (C=O) groups is 1. The van der Waals surface area contributed by atoms with Crippen molar-refractivity contribution in [2.45, 2.75) is 11.8 Å². The van der Waals surface area contributed by atoms with E-state index in [0.29, 0.717) is 43.3 Å². The average Bonchev–Trinajstić information content (AvgIpc) is 2.89. The molecule has 4 rings (SSSR count). The number of benzene rings is 3. The maximum atomic E-state index is 12.9. The number of hydrogen-bond acceptors (Lipinski definition) is 6. The van der Waals surface area contributed by atoms with Crippen LogP contribution in [0.1, 0.15) is 11.1 Å². The lowest BCUT2D eigenvalue weighted by atomic mass is 10.0. The van der Waals surface area contributed by atoms with Gasteiger partial charge in [0.05, 0.1) is 29.7 Å². The molecule has 0 saturated carbocycles. The highest BCUT2D eigenvalue weighted by Crippen LogP contribution is 2.25. The van der Waals surface area contributed by atoms with E-state index < -0.39 is 15.9 Å². The Kier molecular flexibility index (Phi) is 7.46. The Bertz CT molecular complexity index is 1340. The molecule has 0 spiro atoms. The zero-order valence-corrected chi connectivity index (χ0v) is 20.0. The largest absolute Gasteiger partial charge is 0.484 e. The van der Waals surface area contributed by atoms with Crippen molar-refractivity contribution < 1.29 is 22.7 Å². The van der Waals surface area contributed by atoms with E-state index >= 15 is 0 Å². The number of nitrogens with one attached hydrogen (secondary N) is 1. The normalized spacial score (nSPS) is 14.2. The first-order chi connectivity index (χ1) is 16.9. The summed E-state index contributed by atoms with van der Waals surface area (Å²) in [5.41, 5.74) is 3.69. The SMILES string of the molecule is Cc1ccc(S(=O)(=O)N2CCOCC2)cc1NC(=O)COc1ccc(-c2ccc(C#N)cc2)cc1. The number of rotatable bonds is 7. The molecule has 3 aromatic carbocycles. The first kappa shape index (κ1) is 24.4. The van der Waals surface area contributed by atoms with Gasteiger partial charge >= 0.3 is 0 Å². The Balaban J connectivity index is 1.38. The van der Waals surface area contributed by atoms with Crippen LogP contribution in [-0.2, 0) is 19.6 Å². The van der Waals surface area contributed by atoms with Crippen molar-refractivity contribution in [3.63, 3.8) is 0 Å². The molecule has 1 amide bonds. The van der Waals surface area contributed by atoms with Crippen LogP contribution in [0.4, 0.5) is 5.69 Å². The van der Waals surface area contributed by atoms with Crippen molar-refractivity contribution in [2.24, 2.45) is 0 Å². The molecule has 1 N–H and O–H groups in total. The summed E-state index contributed by atoms with van der Waals surface area (Å²) in [7, 11) is -3.67. The van der Waals surface area contributed by atoms with Crippen LogP contribution in [0.15, 0.2) is 71.6 Å². The summed E-state index contributed by atoms with van der Waals surface area (Å²) < 4.78 is 38.1. The summed E-state index contributed by atoms with van der Waals surface area (Å²) in [6.07, 6.45) is 0. The van der Waals surface area contributed by atoms with E-state index in [1.807, 2.05) is 24.3 Å². The molecule has 0 bridgehead atoms. The first-order valence-electron chi connectivity index (χ1n) is 11.1. The van der Waals surface area contributed by atoms with Gasteiger partial charge in [-0.25, -0.2) is 8.42 Å². The van der Waals surface area contributed by atoms with E-state index in [-0.39, 0.29) is 11.5 Å². The van der Waals surface area contributed by atoms with Crippen LogP contribution < -0.4 is 10.1 Å². The van der Waals surface area contributed by atoms with Crippen LogP contribution in [0.5, 0.6) is 5.75 Å². The Morgan fingerprint density at radius 1 is 1.03 bits per heavy atom. The summed E-state index contributed by atoms with van der Waals surface area (Å²) in [5.74, 6) is 0.128. The summed E-state index contributed by atoms with van der Waals surface area (Å²) in [6, 6.07) is 21.3. The minimum atomic E-state index is -3.67. The molecule has 180 valence electrons. The Labute approximate surface area is 204 Å². The lowest BCUT2D eigenvalue weighted by Gasteiger charge is -2.26. The van der Waals surface area contributed by atoms with Crippen LogP contribution in [0.2, 0.25) is 0 Å². The Hall–Kier alpha value is -3.71. The van der Waals surface area contributed by atoms with E-state index in [1.54, 1.807) is 43.3 Å². The van der Waals surface area contributed by atoms with Gasteiger partial charge in [0.2, 0.25) is 10.0 Å². The zero-order valence-electron chi connectivity index (χ0n) is 19.2. The van der Waals surface area contributed by atoms with Crippen molar-refractivity contribution in [1.82, 2.24) is 4.31 Å². The number of ether oxygens (including phenoxy) is 2. The highest BCUT2D eigenvalue weighted by molar-refractivity contribution is 7.89. The molecule has 0 aliphatic carbocycles. The van der Waals surface area contributed by atoms with Gasteiger partial charge in [-0.05, 0) is 60.0 Å². The molecule has 0 unspecified atom stereocenters. The smallest absolute Gasteiger partial charge is 0.262 e. The molecule has 35 heavy (non-hydrogen) atoms. The fraction of sp³-hybridized carbons (Fsp3) is 0.231. The Morgan fingerprint density at radius 3 is 2.29 bits per heavy atom. The predicted molar refractivity (Wildman–Crippen MR) is 131 cm³/mol. The predicted octanol–water partition coefficient (Wildman–Crippen LogP) is 3.57. The van der Waals surface area contributed by atoms with Gasteiger partial charge < -0.3 is 14.8 Å². The second kappa shape index (κ2) is 10.7. The number of anilines is 1. The van der Waals surface area contributed by atoms with Crippen LogP contribution in [0, 0.1) is 18.3 Å². The molecule has 1 aliphatic heterocycles. The van der Waals surface area contributed by atoms with Crippen molar-refractivity contribution in [3.05, 3.63) is 77.9 Å². The number of sulfonamides is 1. The van der Waals surface area contributed by atoms with Gasteiger partial charge in [0.25, 0.3) is 5.91 Å². The second-order valence-corrected chi connectivity index (χ2v) is 9.98. The van der Waals surface area contributed by atoms with E-state index in [4.69, 9.17) is 14.7 Å². The lowest BCUT2D eigenvalue weighted by molar-refractivity contribution is -0.118. The second-order valence-electron chi connectivity index (χ2n) is 8.04. The van der Waals surface area contributed by atoms with Crippen molar-refractivity contribution in [1.29, 1.82) is 5.26 Å². The van der Waals surface area contributed by atoms with Crippen LogP contribution in [0.3, 0.4) is 0 Å². The maximum Gasteiger partial charge on any atom is 0.262 e. The van der Waals surface area contributed by atoms with Gasteiger partial charge in [0, 0.05) is 18.8 Å². The zero-order chi connectivity index (χ0) is 24.8. The van der Waals surface area contributed by atoms with Gasteiger partial charge in [-0.3, -0.25) is 4.79 Å². The minimum Gasteiger partial charge on any atom is -0.484 e. The number of carbonyl (C=O) groups excluding carboxylic acids is 1. The average molecular weight is 492 g/mol. The molecule has 0 atom stereocenters. The number of aryl methyl sites for hydroxylation is 1. The molecule has 1 heterocycles. The van der Waals surface area contributed by atoms with Gasteiger partial charge in [0.1, 0.15) is 5.75 Å². The molecular weight excluding hydrogens is 466 g/mol. The number of hydrogen-bond donors (Lipinski definition) is 1. The van der Waals surface area contributed by atoms with Crippen molar-refractivity contribution in [2.75, 3.05) is 38.2 Å². The third kappa shape index (κ3) is 5.87.